The third-order valence-corrected chi connectivity index (χ3v) is 4.80. The standard InChI is InChI=1S/C20H20F3N3O/c21-20(22,23)18-11-15(7-6-14-4-5-14)8-9-17(18)19-13-26(25-24-19)12-16-3-1-2-10-27-16/h8-9,11,13-14,16H,1-5,10,12H2. The van der Waals surface area contributed by atoms with Crippen LogP contribution in [0.5, 0.6) is 0 Å². The first-order valence-electron chi connectivity index (χ1n) is 9.24. The van der Waals surface area contributed by atoms with Crippen molar-refractivity contribution in [3.63, 3.8) is 0 Å². The molecule has 0 amide bonds. The van der Waals surface area contributed by atoms with Crippen LogP contribution in [0, 0.1) is 17.8 Å². The first kappa shape index (κ1) is 18.1. The summed E-state index contributed by atoms with van der Waals surface area (Å²) in [7, 11) is 0. The molecule has 142 valence electrons. The zero-order chi connectivity index (χ0) is 18.9. The molecule has 2 heterocycles. The lowest BCUT2D eigenvalue weighted by atomic mass is 10.0. The fraction of sp³-hybridized carbons (Fsp3) is 0.500. The summed E-state index contributed by atoms with van der Waals surface area (Å²) in [5.41, 5.74) is -0.123. The molecule has 1 aliphatic carbocycles. The van der Waals surface area contributed by atoms with Gasteiger partial charge in [-0.25, -0.2) is 4.68 Å². The Kier molecular flexibility index (Phi) is 4.92. The number of alkyl halides is 3. The highest BCUT2D eigenvalue weighted by atomic mass is 19.4. The van der Waals surface area contributed by atoms with Crippen LogP contribution in [0.4, 0.5) is 13.2 Å². The van der Waals surface area contributed by atoms with E-state index in [1.165, 1.54) is 6.07 Å². The van der Waals surface area contributed by atoms with Crippen LogP contribution in [0.15, 0.2) is 24.4 Å². The minimum absolute atomic E-state index is 0.0234. The molecule has 1 unspecified atom stereocenters. The van der Waals surface area contributed by atoms with Gasteiger partial charge in [0.2, 0.25) is 0 Å². The minimum atomic E-state index is -4.48. The maximum absolute atomic E-state index is 13.6. The van der Waals surface area contributed by atoms with Gasteiger partial charge in [0, 0.05) is 23.7 Å². The van der Waals surface area contributed by atoms with E-state index in [4.69, 9.17) is 4.74 Å². The zero-order valence-electron chi connectivity index (χ0n) is 14.8. The SMILES string of the molecule is FC(F)(F)c1cc(C#CC2CC2)ccc1-c1cn(CC2CCCCO2)nn1. The fourth-order valence-electron chi connectivity index (χ4n) is 3.16. The summed E-state index contributed by atoms with van der Waals surface area (Å²) >= 11 is 0. The maximum Gasteiger partial charge on any atom is 0.417 e. The first-order chi connectivity index (χ1) is 13.0. The molecule has 4 rings (SSSR count). The van der Waals surface area contributed by atoms with E-state index in [1.54, 1.807) is 16.9 Å². The van der Waals surface area contributed by atoms with Crippen LogP contribution in [-0.4, -0.2) is 27.7 Å². The smallest absolute Gasteiger partial charge is 0.376 e. The number of hydrogen-bond donors (Lipinski definition) is 0. The Morgan fingerprint density at radius 1 is 1.19 bits per heavy atom. The van der Waals surface area contributed by atoms with Crippen LogP contribution in [0.2, 0.25) is 0 Å². The number of halogens is 3. The monoisotopic (exact) mass is 375 g/mol. The Labute approximate surface area is 155 Å². The molecule has 0 bridgehead atoms. The van der Waals surface area contributed by atoms with Crippen LogP contribution in [0.1, 0.15) is 43.2 Å². The van der Waals surface area contributed by atoms with Gasteiger partial charge < -0.3 is 4.74 Å². The van der Waals surface area contributed by atoms with Gasteiger partial charge in [-0.1, -0.05) is 23.1 Å². The number of aromatic nitrogens is 3. The van der Waals surface area contributed by atoms with Gasteiger partial charge in [-0.3, -0.25) is 0 Å². The van der Waals surface area contributed by atoms with Crippen molar-refractivity contribution in [2.75, 3.05) is 6.61 Å². The van der Waals surface area contributed by atoms with Gasteiger partial charge in [-0.2, -0.15) is 13.2 Å². The van der Waals surface area contributed by atoms with E-state index in [-0.39, 0.29) is 17.4 Å². The summed E-state index contributed by atoms with van der Waals surface area (Å²) < 4.78 is 48.0. The number of hydrogen-bond acceptors (Lipinski definition) is 3. The van der Waals surface area contributed by atoms with Gasteiger partial charge >= 0.3 is 6.18 Å². The van der Waals surface area contributed by atoms with Crippen molar-refractivity contribution in [3.8, 4) is 23.1 Å². The van der Waals surface area contributed by atoms with E-state index in [0.717, 1.165) is 38.2 Å². The molecule has 2 aromatic rings. The van der Waals surface area contributed by atoms with Crippen LogP contribution in [-0.2, 0) is 17.5 Å². The summed E-state index contributed by atoms with van der Waals surface area (Å²) in [6.07, 6.45) is 2.24. The van der Waals surface area contributed by atoms with E-state index in [1.807, 2.05) is 0 Å². The van der Waals surface area contributed by atoms with E-state index in [2.05, 4.69) is 22.2 Å². The van der Waals surface area contributed by atoms with Crippen LogP contribution < -0.4 is 0 Å². The Morgan fingerprint density at radius 2 is 2.04 bits per heavy atom. The van der Waals surface area contributed by atoms with E-state index < -0.39 is 11.7 Å². The predicted molar refractivity (Wildman–Crippen MR) is 93.7 cm³/mol. The quantitative estimate of drug-likeness (QED) is 0.751. The van der Waals surface area contributed by atoms with Gasteiger partial charge in [0.1, 0.15) is 5.69 Å². The van der Waals surface area contributed by atoms with Crippen LogP contribution >= 0.6 is 0 Å². The number of rotatable bonds is 3. The van der Waals surface area contributed by atoms with Crippen molar-refractivity contribution < 1.29 is 17.9 Å². The van der Waals surface area contributed by atoms with Crippen molar-refractivity contribution >= 4 is 0 Å². The van der Waals surface area contributed by atoms with Crippen molar-refractivity contribution in [1.82, 2.24) is 15.0 Å². The lowest BCUT2D eigenvalue weighted by Crippen LogP contribution is -2.24. The second-order valence-corrected chi connectivity index (χ2v) is 7.12. The molecule has 0 N–H and O–H groups in total. The molecular formula is C20H20F3N3O. The van der Waals surface area contributed by atoms with Gasteiger partial charge in [0.25, 0.3) is 0 Å². The Morgan fingerprint density at radius 3 is 2.74 bits per heavy atom. The number of benzene rings is 1. The molecule has 0 spiro atoms. The molecule has 2 aliphatic rings. The lowest BCUT2D eigenvalue weighted by molar-refractivity contribution is -0.137. The van der Waals surface area contributed by atoms with Crippen molar-refractivity contribution in [1.29, 1.82) is 0 Å². The average molecular weight is 375 g/mol. The normalized spacial score (nSPS) is 20.2. The van der Waals surface area contributed by atoms with E-state index in [0.29, 0.717) is 24.6 Å². The predicted octanol–water partition coefficient (Wildman–Crippen LogP) is 4.29. The molecule has 1 aromatic heterocycles. The van der Waals surface area contributed by atoms with E-state index >= 15 is 0 Å². The van der Waals surface area contributed by atoms with Gasteiger partial charge in [-0.15, -0.1) is 5.10 Å². The molecule has 1 atom stereocenters. The molecule has 2 fully saturated rings. The summed E-state index contributed by atoms with van der Waals surface area (Å²) in [5, 5.41) is 7.95. The van der Waals surface area contributed by atoms with Crippen molar-refractivity contribution in [2.24, 2.45) is 5.92 Å². The molecule has 27 heavy (non-hydrogen) atoms. The highest BCUT2D eigenvalue weighted by Crippen LogP contribution is 2.37. The fourth-order valence-corrected chi connectivity index (χ4v) is 3.16. The van der Waals surface area contributed by atoms with Crippen LogP contribution in [0.25, 0.3) is 11.3 Å². The number of nitrogens with zero attached hydrogens (tertiary/aromatic N) is 3. The molecule has 1 saturated carbocycles. The summed E-state index contributed by atoms with van der Waals surface area (Å²) in [4.78, 5) is 0. The van der Waals surface area contributed by atoms with Gasteiger partial charge in [-0.05, 0) is 44.2 Å². The second-order valence-electron chi connectivity index (χ2n) is 7.12. The molecule has 1 aliphatic heterocycles. The van der Waals surface area contributed by atoms with Crippen LogP contribution in [0.3, 0.4) is 0 Å². The maximum atomic E-state index is 13.6. The third kappa shape index (κ3) is 4.51. The Balaban J connectivity index is 1.59. The van der Waals surface area contributed by atoms with Crippen molar-refractivity contribution in [2.45, 2.75) is 50.9 Å². The number of ether oxygens (including phenoxy) is 1. The molecule has 0 radical (unpaired) electrons. The third-order valence-electron chi connectivity index (χ3n) is 4.80. The average Bonchev–Trinajstić information content (AvgIpc) is 3.37. The summed E-state index contributed by atoms with van der Waals surface area (Å²) in [6.45, 7) is 1.22. The van der Waals surface area contributed by atoms with E-state index in [9.17, 15) is 13.2 Å². The first-order valence-corrected chi connectivity index (χ1v) is 9.24. The Bertz CT molecular complexity index is 869. The summed E-state index contributed by atoms with van der Waals surface area (Å²) in [5.74, 6) is 6.18. The Hall–Kier alpha value is -2.33. The lowest BCUT2D eigenvalue weighted by Gasteiger charge is -2.21. The molecule has 4 nitrogen and oxygen atoms in total. The van der Waals surface area contributed by atoms with Gasteiger partial charge in [0.05, 0.1) is 24.4 Å². The highest BCUT2D eigenvalue weighted by molar-refractivity contribution is 5.65. The molecular weight excluding hydrogens is 355 g/mol. The molecule has 1 saturated heterocycles. The molecule has 7 heteroatoms. The van der Waals surface area contributed by atoms with Gasteiger partial charge in [0.15, 0.2) is 0 Å². The largest absolute Gasteiger partial charge is 0.417 e. The summed E-state index contributed by atoms with van der Waals surface area (Å²) in [6, 6.07) is 4.16. The second kappa shape index (κ2) is 7.35. The zero-order valence-corrected chi connectivity index (χ0v) is 14.8. The minimum Gasteiger partial charge on any atom is -0.376 e. The topological polar surface area (TPSA) is 39.9 Å². The molecule has 1 aromatic carbocycles. The van der Waals surface area contributed by atoms with Crippen molar-refractivity contribution in [3.05, 3.63) is 35.5 Å². The highest BCUT2D eigenvalue weighted by Gasteiger charge is 2.34.